The first kappa shape index (κ1) is 12.4. The summed E-state index contributed by atoms with van der Waals surface area (Å²) in [6, 6.07) is 5.12. The van der Waals surface area contributed by atoms with Gasteiger partial charge in [-0.2, -0.15) is 0 Å². The molecular formula is C11H13ClO2S. The zero-order chi connectivity index (χ0) is 11.3. The van der Waals surface area contributed by atoms with Crippen molar-refractivity contribution < 1.29 is 9.90 Å². The molecule has 1 aromatic carbocycles. The van der Waals surface area contributed by atoms with E-state index in [1.54, 1.807) is 23.9 Å². The van der Waals surface area contributed by atoms with E-state index in [0.717, 1.165) is 23.5 Å². The third-order valence-corrected chi connectivity index (χ3v) is 3.34. The molecule has 4 heteroatoms. The third kappa shape index (κ3) is 3.76. The predicted octanol–water partition coefficient (Wildman–Crippen LogP) is 3.93. The Kier molecular flexibility index (Phi) is 4.99. The van der Waals surface area contributed by atoms with Crippen LogP contribution < -0.4 is 0 Å². The number of hydrogen-bond acceptors (Lipinski definition) is 2. The van der Waals surface area contributed by atoms with E-state index in [1.165, 1.54) is 0 Å². The first-order valence-corrected chi connectivity index (χ1v) is 6.17. The molecule has 2 nitrogen and oxygen atoms in total. The number of aromatic carboxylic acids is 1. The van der Waals surface area contributed by atoms with Gasteiger partial charge in [-0.25, -0.2) is 4.79 Å². The molecule has 0 radical (unpaired) electrons. The van der Waals surface area contributed by atoms with Gasteiger partial charge in [-0.3, -0.25) is 0 Å². The lowest BCUT2D eigenvalue weighted by Gasteiger charge is -2.03. The molecule has 0 unspecified atom stereocenters. The predicted molar refractivity (Wildman–Crippen MR) is 64.0 cm³/mol. The molecule has 0 atom stereocenters. The molecule has 0 aliphatic heterocycles. The van der Waals surface area contributed by atoms with Gasteiger partial charge in [0.1, 0.15) is 0 Å². The highest BCUT2D eigenvalue weighted by Gasteiger charge is 2.09. The van der Waals surface area contributed by atoms with Gasteiger partial charge in [0.25, 0.3) is 0 Å². The summed E-state index contributed by atoms with van der Waals surface area (Å²) >= 11 is 7.43. The number of carboxylic acids is 1. The van der Waals surface area contributed by atoms with Crippen LogP contribution in [-0.2, 0) is 0 Å². The first-order valence-electron chi connectivity index (χ1n) is 4.80. The normalized spacial score (nSPS) is 10.3. The highest BCUT2D eigenvalue weighted by atomic mass is 35.5. The second-order valence-corrected chi connectivity index (χ2v) is 4.72. The van der Waals surface area contributed by atoms with E-state index >= 15 is 0 Å². The van der Waals surface area contributed by atoms with Gasteiger partial charge in [0.2, 0.25) is 0 Å². The zero-order valence-electron chi connectivity index (χ0n) is 8.50. The van der Waals surface area contributed by atoms with Crippen LogP contribution in [0.15, 0.2) is 23.1 Å². The van der Waals surface area contributed by atoms with E-state index in [9.17, 15) is 4.79 Å². The maximum atomic E-state index is 10.8. The van der Waals surface area contributed by atoms with Crippen molar-refractivity contribution in [2.24, 2.45) is 0 Å². The quantitative estimate of drug-likeness (QED) is 0.630. The molecule has 0 saturated carbocycles. The minimum absolute atomic E-state index is 0.179. The monoisotopic (exact) mass is 244 g/mol. The molecular weight excluding hydrogens is 232 g/mol. The minimum atomic E-state index is -0.974. The number of benzene rings is 1. The number of hydrogen-bond donors (Lipinski definition) is 1. The number of rotatable bonds is 5. The molecule has 0 fully saturated rings. The van der Waals surface area contributed by atoms with E-state index in [-0.39, 0.29) is 5.56 Å². The van der Waals surface area contributed by atoms with Gasteiger partial charge in [0.05, 0.1) is 10.6 Å². The fraction of sp³-hybridized carbons (Fsp3) is 0.364. The number of carbonyl (C=O) groups is 1. The van der Waals surface area contributed by atoms with Crippen LogP contribution in [0.5, 0.6) is 0 Å². The van der Waals surface area contributed by atoms with Crippen LogP contribution in [0, 0.1) is 0 Å². The maximum absolute atomic E-state index is 10.8. The highest BCUT2D eigenvalue weighted by Crippen LogP contribution is 2.25. The fourth-order valence-electron chi connectivity index (χ4n) is 1.09. The van der Waals surface area contributed by atoms with Crippen molar-refractivity contribution in [3.63, 3.8) is 0 Å². The van der Waals surface area contributed by atoms with Crippen molar-refractivity contribution >= 4 is 29.3 Å². The summed E-state index contributed by atoms with van der Waals surface area (Å²) in [5.74, 6) is 0.0370. The molecule has 15 heavy (non-hydrogen) atoms. The van der Waals surface area contributed by atoms with E-state index in [4.69, 9.17) is 16.7 Å². The van der Waals surface area contributed by atoms with Gasteiger partial charge < -0.3 is 5.11 Å². The smallest absolute Gasteiger partial charge is 0.337 e. The van der Waals surface area contributed by atoms with Gasteiger partial charge in [-0.1, -0.05) is 24.9 Å². The molecule has 1 rings (SSSR count). The summed E-state index contributed by atoms with van der Waals surface area (Å²) < 4.78 is 0. The van der Waals surface area contributed by atoms with E-state index in [2.05, 4.69) is 6.92 Å². The summed E-state index contributed by atoms with van der Waals surface area (Å²) in [5.41, 5.74) is 0.179. The van der Waals surface area contributed by atoms with Crippen molar-refractivity contribution in [2.45, 2.75) is 24.7 Å². The average molecular weight is 245 g/mol. The number of halogens is 1. The zero-order valence-corrected chi connectivity index (χ0v) is 10.1. The number of unbranched alkanes of at least 4 members (excludes halogenated alkanes) is 1. The Labute approximate surface area is 98.6 Å². The highest BCUT2D eigenvalue weighted by molar-refractivity contribution is 7.99. The second-order valence-electron chi connectivity index (χ2n) is 3.15. The van der Waals surface area contributed by atoms with Crippen LogP contribution in [-0.4, -0.2) is 16.8 Å². The lowest BCUT2D eigenvalue weighted by atomic mass is 10.2. The molecule has 0 aliphatic rings. The Bertz CT molecular complexity index is 352. The topological polar surface area (TPSA) is 37.3 Å². The molecule has 0 spiro atoms. The SMILES string of the molecule is CCCCSc1ccc(Cl)c(C(=O)O)c1. The summed E-state index contributed by atoms with van der Waals surface area (Å²) in [7, 11) is 0. The summed E-state index contributed by atoms with van der Waals surface area (Å²) in [6.07, 6.45) is 2.28. The molecule has 0 aliphatic carbocycles. The standard InChI is InChI=1S/C11H13ClO2S/c1-2-3-6-15-8-4-5-10(12)9(7-8)11(13)14/h4-5,7H,2-3,6H2,1H3,(H,13,14). The van der Waals surface area contributed by atoms with Crippen LogP contribution in [0.4, 0.5) is 0 Å². The Balaban J connectivity index is 2.74. The Morgan fingerprint density at radius 2 is 2.27 bits per heavy atom. The number of carboxylic acid groups (broad SMARTS) is 1. The largest absolute Gasteiger partial charge is 0.478 e. The van der Waals surface area contributed by atoms with E-state index < -0.39 is 5.97 Å². The molecule has 82 valence electrons. The van der Waals surface area contributed by atoms with Crippen molar-refractivity contribution in [1.29, 1.82) is 0 Å². The first-order chi connectivity index (χ1) is 7.15. The fourth-order valence-corrected chi connectivity index (χ4v) is 2.32. The molecule has 1 aromatic rings. The van der Waals surface area contributed by atoms with Gasteiger partial charge in [0, 0.05) is 4.90 Å². The summed E-state index contributed by atoms with van der Waals surface area (Å²) in [6.45, 7) is 2.13. The van der Waals surface area contributed by atoms with Crippen LogP contribution >= 0.6 is 23.4 Å². The van der Waals surface area contributed by atoms with Gasteiger partial charge >= 0.3 is 5.97 Å². The third-order valence-electron chi connectivity index (χ3n) is 1.93. The Morgan fingerprint density at radius 3 is 2.87 bits per heavy atom. The van der Waals surface area contributed by atoms with Crippen LogP contribution in [0.25, 0.3) is 0 Å². The molecule has 0 saturated heterocycles. The van der Waals surface area contributed by atoms with Crippen molar-refractivity contribution in [3.05, 3.63) is 28.8 Å². The van der Waals surface area contributed by atoms with Crippen LogP contribution in [0.2, 0.25) is 5.02 Å². The average Bonchev–Trinajstić information content (AvgIpc) is 2.20. The van der Waals surface area contributed by atoms with Crippen molar-refractivity contribution in [1.82, 2.24) is 0 Å². The number of thioether (sulfide) groups is 1. The lowest BCUT2D eigenvalue weighted by molar-refractivity contribution is 0.0697. The molecule has 0 amide bonds. The van der Waals surface area contributed by atoms with E-state index in [0.29, 0.717) is 5.02 Å². The Morgan fingerprint density at radius 1 is 1.53 bits per heavy atom. The molecule has 0 heterocycles. The van der Waals surface area contributed by atoms with Crippen LogP contribution in [0.1, 0.15) is 30.1 Å². The molecule has 1 N–H and O–H groups in total. The molecule has 0 aromatic heterocycles. The summed E-state index contributed by atoms with van der Waals surface area (Å²) in [4.78, 5) is 11.8. The lowest BCUT2D eigenvalue weighted by Crippen LogP contribution is -1.97. The Hall–Kier alpha value is -0.670. The second kappa shape index (κ2) is 6.03. The van der Waals surface area contributed by atoms with Gasteiger partial charge in [0.15, 0.2) is 0 Å². The summed E-state index contributed by atoms with van der Waals surface area (Å²) in [5, 5.41) is 9.16. The van der Waals surface area contributed by atoms with Gasteiger partial charge in [-0.05, 0) is 30.4 Å². The minimum Gasteiger partial charge on any atom is -0.478 e. The van der Waals surface area contributed by atoms with E-state index in [1.807, 2.05) is 6.07 Å². The molecule has 0 bridgehead atoms. The van der Waals surface area contributed by atoms with Gasteiger partial charge in [-0.15, -0.1) is 11.8 Å². The van der Waals surface area contributed by atoms with Crippen LogP contribution in [0.3, 0.4) is 0 Å². The van der Waals surface area contributed by atoms with Crippen molar-refractivity contribution in [3.8, 4) is 0 Å². The van der Waals surface area contributed by atoms with Crippen molar-refractivity contribution in [2.75, 3.05) is 5.75 Å². The maximum Gasteiger partial charge on any atom is 0.337 e.